The number of phenols is 3. The highest BCUT2D eigenvalue weighted by Gasteiger charge is 2.22. The Morgan fingerprint density at radius 1 is 0.667 bits per heavy atom. The Morgan fingerprint density at radius 3 is 1.27 bits per heavy atom. The van der Waals surface area contributed by atoms with E-state index in [4.69, 9.17) is 16.6 Å². The van der Waals surface area contributed by atoms with Crippen LogP contribution in [0.4, 0.5) is 0 Å². The lowest BCUT2D eigenvalue weighted by Gasteiger charge is -2.26. The molecular weight excluding hydrogens is 376 g/mol. The van der Waals surface area contributed by atoms with Crippen LogP contribution in [0.25, 0.3) is 0 Å². The average molecular weight is 411 g/mol. The van der Waals surface area contributed by atoms with Crippen molar-refractivity contribution in [3.63, 3.8) is 0 Å². The quantitative estimate of drug-likeness (QED) is 0.395. The second-order valence-electron chi connectivity index (χ2n) is 7.51. The van der Waals surface area contributed by atoms with Crippen molar-refractivity contribution < 1.29 is 15.3 Å². The SMILES string of the molecule is CC(C)(c1ccc(O)cc1)c1ccc(O)cc1.CCCC(N)N.Oc1ccccc1. The highest BCUT2D eigenvalue weighted by molar-refractivity contribution is 5.41. The molecule has 0 fully saturated rings. The number of rotatable bonds is 4. The summed E-state index contributed by atoms with van der Waals surface area (Å²) < 4.78 is 0. The van der Waals surface area contributed by atoms with Gasteiger partial charge in [0.05, 0.1) is 6.17 Å². The summed E-state index contributed by atoms with van der Waals surface area (Å²) in [5, 5.41) is 27.2. The molecule has 0 radical (unpaired) electrons. The molecule has 0 amide bonds. The molecule has 0 atom stereocenters. The van der Waals surface area contributed by atoms with Gasteiger partial charge in [0, 0.05) is 5.41 Å². The van der Waals surface area contributed by atoms with Crippen molar-refractivity contribution in [2.45, 2.75) is 45.2 Å². The number of para-hydroxylation sites is 1. The fourth-order valence-corrected chi connectivity index (χ4v) is 2.68. The van der Waals surface area contributed by atoms with Gasteiger partial charge in [-0.15, -0.1) is 0 Å². The fraction of sp³-hybridized carbons (Fsp3) is 0.280. The molecule has 0 heterocycles. The van der Waals surface area contributed by atoms with Crippen LogP contribution in [0.5, 0.6) is 17.2 Å². The van der Waals surface area contributed by atoms with Gasteiger partial charge in [0.2, 0.25) is 0 Å². The lowest BCUT2D eigenvalue weighted by atomic mass is 9.78. The van der Waals surface area contributed by atoms with Crippen LogP contribution in [0, 0.1) is 0 Å². The van der Waals surface area contributed by atoms with Crippen LogP contribution < -0.4 is 11.5 Å². The normalized spacial score (nSPS) is 10.5. The van der Waals surface area contributed by atoms with Crippen LogP contribution in [0.2, 0.25) is 0 Å². The molecule has 5 nitrogen and oxygen atoms in total. The van der Waals surface area contributed by atoms with Crippen molar-refractivity contribution in [3.05, 3.63) is 90.0 Å². The van der Waals surface area contributed by atoms with Gasteiger partial charge >= 0.3 is 0 Å². The second kappa shape index (κ2) is 12.5. The van der Waals surface area contributed by atoms with E-state index in [0.29, 0.717) is 5.75 Å². The van der Waals surface area contributed by atoms with Gasteiger partial charge in [-0.3, -0.25) is 0 Å². The maximum absolute atomic E-state index is 9.30. The molecule has 30 heavy (non-hydrogen) atoms. The predicted octanol–water partition coefficient (Wildman–Crippen LogP) is 4.85. The van der Waals surface area contributed by atoms with E-state index in [-0.39, 0.29) is 23.1 Å². The summed E-state index contributed by atoms with van der Waals surface area (Å²) >= 11 is 0. The minimum absolute atomic E-state index is 0.102. The van der Waals surface area contributed by atoms with Crippen molar-refractivity contribution in [2.24, 2.45) is 11.5 Å². The third-order valence-corrected chi connectivity index (χ3v) is 4.56. The average Bonchev–Trinajstić information content (AvgIpc) is 2.70. The van der Waals surface area contributed by atoms with Gasteiger partial charge in [0.15, 0.2) is 0 Å². The van der Waals surface area contributed by atoms with Crippen LogP contribution in [-0.2, 0) is 5.41 Å². The highest BCUT2D eigenvalue weighted by Crippen LogP contribution is 2.32. The van der Waals surface area contributed by atoms with Gasteiger partial charge in [-0.05, 0) is 53.9 Å². The first kappa shape index (κ1) is 25.0. The van der Waals surface area contributed by atoms with E-state index in [1.54, 1.807) is 48.5 Å². The number of phenolic OH excluding ortho intramolecular Hbond substituents is 3. The molecule has 0 saturated carbocycles. The summed E-state index contributed by atoms with van der Waals surface area (Å²) in [7, 11) is 0. The van der Waals surface area contributed by atoms with Gasteiger partial charge in [0.1, 0.15) is 17.2 Å². The van der Waals surface area contributed by atoms with E-state index < -0.39 is 0 Å². The van der Waals surface area contributed by atoms with E-state index >= 15 is 0 Å². The van der Waals surface area contributed by atoms with E-state index in [9.17, 15) is 10.2 Å². The van der Waals surface area contributed by atoms with Gasteiger partial charge in [-0.1, -0.05) is 69.7 Å². The number of aromatic hydroxyl groups is 3. The molecule has 0 bridgehead atoms. The van der Waals surface area contributed by atoms with Gasteiger partial charge in [-0.2, -0.15) is 0 Å². The van der Waals surface area contributed by atoms with Crippen molar-refractivity contribution >= 4 is 0 Å². The monoisotopic (exact) mass is 410 g/mol. The van der Waals surface area contributed by atoms with Crippen molar-refractivity contribution in [3.8, 4) is 17.2 Å². The third-order valence-electron chi connectivity index (χ3n) is 4.56. The molecule has 0 saturated heterocycles. The molecule has 7 N–H and O–H groups in total. The summed E-state index contributed by atoms with van der Waals surface area (Å²) in [5.41, 5.74) is 12.5. The summed E-state index contributed by atoms with van der Waals surface area (Å²) in [4.78, 5) is 0. The van der Waals surface area contributed by atoms with Crippen molar-refractivity contribution in [1.82, 2.24) is 0 Å². The predicted molar refractivity (Wildman–Crippen MR) is 124 cm³/mol. The molecule has 162 valence electrons. The Kier molecular flexibility index (Phi) is 10.4. The fourth-order valence-electron chi connectivity index (χ4n) is 2.68. The molecule has 3 rings (SSSR count). The first-order chi connectivity index (χ1) is 14.2. The van der Waals surface area contributed by atoms with Crippen LogP contribution >= 0.6 is 0 Å². The zero-order valence-electron chi connectivity index (χ0n) is 18.0. The summed E-state index contributed by atoms with van der Waals surface area (Å²) in [6.45, 7) is 6.30. The number of hydrogen-bond acceptors (Lipinski definition) is 5. The summed E-state index contributed by atoms with van der Waals surface area (Å²) in [6, 6.07) is 23.2. The molecule has 0 spiro atoms. The summed E-state index contributed by atoms with van der Waals surface area (Å²) in [6.07, 6.45) is 1.91. The molecule has 3 aromatic rings. The second-order valence-corrected chi connectivity index (χ2v) is 7.51. The minimum atomic E-state index is -0.151. The molecular formula is C25H34N2O3. The third kappa shape index (κ3) is 8.99. The number of hydrogen-bond donors (Lipinski definition) is 5. The Balaban J connectivity index is 0.000000285. The molecule has 0 unspecified atom stereocenters. The number of benzene rings is 3. The zero-order chi connectivity index (χ0) is 22.6. The van der Waals surface area contributed by atoms with Crippen LogP contribution in [0.1, 0.15) is 44.7 Å². The Labute approximate surface area is 179 Å². The maximum Gasteiger partial charge on any atom is 0.115 e. The van der Waals surface area contributed by atoms with Crippen molar-refractivity contribution in [2.75, 3.05) is 0 Å². The molecule has 5 heteroatoms. The Hall–Kier alpha value is -3.02. The first-order valence-electron chi connectivity index (χ1n) is 10.0. The molecule has 0 aromatic heterocycles. The maximum atomic E-state index is 9.30. The van der Waals surface area contributed by atoms with Crippen LogP contribution in [0.3, 0.4) is 0 Å². The van der Waals surface area contributed by atoms with E-state index in [1.165, 1.54) is 0 Å². The van der Waals surface area contributed by atoms with Gasteiger partial charge < -0.3 is 26.8 Å². The van der Waals surface area contributed by atoms with Crippen LogP contribution in [0.15, 0.2) is 78.9 Å². The lowest BCUT2D eigenvalue weighted by molar-refractivity contribution is 0.473. The molecule has 3 aromatic carbocycles. The summed E-state index contributed by atoms with van der Waals surface area (Å²) in [5.74, 6) is 0.869. The smallest absolute Gasteiger partial charge is 0.115 e. The van der Waals surface area contributed by atoms with E-state index in [1.807, 2.05) is 30.3 Å². The molecule has 0 aliphatic carbocycles. The Morgan fingerprint density at radius 2 is 1.03 bits per heavy atom. The van der Waals surface area contributed by atoms with E-state index in [0.717, 1.165) is 24.0 Å². The lowest BCUT2D eigenvalue weighted by Crippen LogP contribution is -2.29. The highest BCUT2D eigenvalue weighted by atomic mass is 16.3. The molecule has 0 aliphatic heterocycles. The molecule has 0 aliphatic rings. The minimum Gasteiger partial charge on any atom is -0.508 e. The van der Waals surface area contributed by atoms with Gasteiger partial charge in [-0.25, -0.2) is 0 Å². The topological polar surface area (TPSA) is 113 Å². The number of nitrogens with two attached hydrogens (primary N) is 2. The zero-order valence-corrected chi connectivity index (χ0v) is 18.0. The van der Waals surface area contributed by atoms with Crippen molar-refractivity contribution in [1.29, 1.82) is 0 Å². The largest absolute Gasteiger partial charge is 0.508 e. The van der Waals surface area contributed by atoms with E-state index in [2.05, 4.69) is 20.8 Å². The first-order valence-corrected chi connectivity index (χ1v) is 10.0. The standard InChI is InChI=1S/C15H16O2.C6H6O.C4H12N2/c1-15(2,11-3-7-13(16)8-4-11)12-5-9-14(17)10-6-12;7-6-4-2-1-3-5-6;1-2-3-4(5)6/h3-10,16-17H,1-2H3;1-5,7H;4H,2-3,5-6H2,1H3. The van der Waals surface area contributed by atoms with Gasteiger partial charge in [0.25, 0.3) is 0 Å². The van der Waals surface area contributed by atoms with Crippen LogP contribution in [-0.4, -0.2) is 21.5 Å². The Bertz CT molecular complexity index is 783.